The van der Waals surface area contributed by atoms with Gasteiger partial charge < -0.3 is 19.5 Å². The SMILES string of the molecule is COc1ccc(CC(=O)Nc2cccc(C#Cc3ccccc3)c2)c(OC)c1OC. The highest BCUT2D eigenvalue weighted by Gasteiger charge is 2.17. The van der Waals surface area contributed by atoms with Crippen LogP contribution in [0.4, 0.5) is 5.69 Å². The first kappa shape index (κ1) is 20.8. The van der Waals surface area contributed by atoms with Crippen LogP contribution < -0.4 is 19.5 Å². The summed E-state index contributed by atoms with van der Waals surface area (Å²) >= 11 is 0. The van der Waals surface area contributed by atoms with Crippen LogP contribution >= 0.6 is 0 Å². The monoisotopic (exact) mass is 401 g/mol. The fourth-order valence-corrected chi connectivity index (χ4v) is 3.02. The van der Waals surface area contributed by atoms with E-state index in [1.165, 1.54) is 14.2 Å². The van der Waals surface area contributed by atoms with E-state index in [1.54, 1.807) is 19.2 Å². The number of ether oxygens (including phenoxy) is 3. The molecule has 0 aliphatic heterocycles. The van der Waals surface area contributed by atoms with Crippen LogP contribution in [0, 0.1) is 11.8 Å². The molecule has 30 heavy (non-hydrogen) atoms. The molecule has 0 bridgehead atoms. The van der Waals surface area contributed by atoms with Crippen LogP contribution in [0.25, 0.3) is 0 Å². The number of anilines is 1. The third kappa shape index (κ3) is 5.12. The average Bonchev–Trinajstić information content (AvgIpc) is 2.78. The van der Waals surface area contributed by atoms with E-state index in [4.69, 9.17) is 14.2 Å². The van der Waals surface area contributed by atoms with Crippen molar-refractivity contribution in [3.05, 3.63) is 83.4 Å². The molecule has 0 unspecified atom stereocenters. The Balaban J connectivity index is 1.74. The maximum atomic E-state index is 12.6. The van der Waals surface area contributed by atoms with Gasteiger partial charge in [-0.3, -0.25) is 4.79 Å². The lowest BCUT2D eigenvalue weighted by Gasteiger charge is -2.15. The van der Waals surface area contributed by atoms with Gasteiger partial charge in [-0.15, -0.1) is 0 Å². The number of carbonyl (C=O) groups excluding carboxylic acids is 1. The number of methoxy groups -OCH3 is 3. The summed E-state index contributed by atoms with van der Waals surface area (Å²) in [6.07, 6.45) is 0.128. The topological polar surface area (TPSA) is 56.8 Å². The first-order valence-electron chi connectivity index (χ1n) is 9.39. The summed E-state index contributed by atoms with van der Waals surface area (Å²) in [4.78, 5) is 12.6. The summed E-state index contributed by atoms with van der Waals surface area (Å²) < 4.78 is 16.1. The summed E-state index contributed by atoms with van der Waals surface area (Å²) in [7, 11) is 4.62. The number of carbonyl (C=O) groups is 1. The van der Waals surface area contributed by atoms with Gasteiger partial charge in [0, 0.05) is 22.4 Å². The van der Waals surface area contributed by atoms with Gasteiger partial charge >= 0.3 is 0 Å². The highest BCUT2D eigenvalue weighted by Crippen LogP contribution is 2.39. The predicted molar refractivity (Wildman–Crippen MR) is 117 cm³/mol. The molecule has 5 nitrogen and oxygen atoms in total. The van der Waals surface area contributed by atoms with Gasteiger partial charge in [0.1, 0.15) is 0 Å². The molecule has 0 heterocycles. The molecular weight excluding hydrogens is 378 g/mol. The molecule has 0 saturated carbocycles. The summed E-state index contributed by atoms with van der Waals surface area (Å²) in [5.74, 6) is 7.55. The number of hydrogen-bond acceptors (Lipinski definition) is 4. The van der Waals surface area contributed by atoms with E-state index in [0.717, 1.165) is 11.1 Å². The molecule has 0 aromatic heterocycles. The zero-order valence-electron chi connectivity index (χ0n) is 17.2. The number of benzene rings is 3. The summed E-state index contributed by atoms with van der Waals surface area (Å²) in [5.41, 5.74) is 3.14. The normalized spacial score (nSPS) is 9.83. The molecule has 0 atom stereocenters. The summed E-state index contributed by atoms with van der Waals surface area (Å²) in [5, 5.41) is 2.91. The molecule has 3 rings (SSSR count). The molecule has 3 aromatic carbocycles. The minimum atomic E-state index is -0.173. The largest absolute Gasteiger partial charge is 0.493 e. The lowest BCUT2D eigenvalue weighted by Crippen LogP contribution is -2.15. The Morgan fingerprint density at radius 1 is 0.800 bits per heavy atom. The lowest BCUT2D eigenvalue weighted by molar-refractivity contribution is -0.115. The number of amides is 1. The zero-order chi connectivity index (χ0) is 21.3. The van der Waals surface area contributed by atoms with Gasteiger partial charge in [-0.05, 0) is 36.4 Å². The Hall–Kier alpha value is -3.91. The number of rotatable bonds is 6. The third-order valence-electron chi connectivity index (χ3n) is 4.41. The van der Waals surface area contributed by atoms with Crippen molar-refractivity contribution in [2.24, 2.45) is 0 Å². The van der Waals surface area contributed by atoms with Crippen LogP contribution in [0.3, 0.4) is 0 Å². The van der Waals surface area contributed by atoms with Crippen molar-refractivity contribution in [2.75, 3.05) is 26.6 Å². The molecular formula is C25H23NO4. The van der Waals surface area contributed by atoms with Gasteiger partial charge in [0.25, 0.3) is 0 Å². The first-order chi connectivity index (χ1) is 14.6. The average molecular weight is 401 g/mol. The smallest absolute Gasteiger partial charge is 0.228 e. The Morgan fingerprint density at radius 2 is 1.50 bits per heavy atom. The van der Waals surface area contributed by atoms with Crippen molar-refractivity contribution in [3.63, 3.8) is 0 Å². The fourth-order valence-electron chi connectivity index (χ4n) is 3.02. The molecule has 0 spiro atoms. The van der Waals surface area contributed by atoms with Gasteiger partial charge in [0.05, 0.1) is 27.8 Å². The third-order valence-corrected chi connectivity index (χ3v) is 4.41. The first-order valence-corrected chi connectivity index (χ1v) is 9.39. The summed E-state index contributed by atoms with van der Waals surface area (Å²) in [6, 6.07) is 20.7. The maximum absolute atomic E-state index is 12.6. The molecule has 0 aliphatic carbocycles. The lowest BCUT2D eigenvalue weighted by atomic mass is 10.1. The van der Waals surface area contributed by atoms with E-state index in [0.29, 0.717) is 28.5 Å². The maximum Gasteiger partial charge on any atom is 0.228 e. The van der Waals surface area contributed by atoms with Crippen LogP contribution in [-0.4, -0.2) is 27.2 Å². The molecule has 0 aliphatic rings. The Morgan fingerprint density at radius 3 is 2.20 bits per heavy atom. The highest BCUT2D eigenvalue weighted by atomic mass is 16.5. The van der Waals surface area contributed by atoms with Crippen molar-refractivity contribution < 1.29 is 19.0 Å². The minimum absolute atomic E-state index is 0.128. The molecule has 152 valence electrons. The Bertz CT molecular complexity index is 1080. The van der Waals surface area contributed by atoms with E-state index >= 15 is 0 Å². The van der Waals surface area contributed by atoms with E-state index < -0.39 is 0 Å². The fraction of sp³-hybridized carbons (Fsp3) is 0.160. The van der Waals surface area contributed by atoms with Gasteiger partial charge in [-0.25, -0.2) is 0 Å². The Kier molecular flexibility index (Phi) is 6.96. The van der Waals surface area contributed by atoms with Crippen LogP contribution in [0.1, 0.15) is 16.7 Å². The second-order valence-corrected chi connectivity index (χ2v) is 6.42. The quantitative estimate of drug-likeness (QED) is 0.626. The summed E-state index contributed by atoms with van der Waals surface area (Å²) in [6.45, 7) is 0. The molecule has 5 heteroatoms. The second kappa shape index (κ2) is 10.0. The number of nitrogens with one attached hydrogen (secondary N) is 1. The number of hydrogen-bond donors (Lipinski definition) is 1. The molecule has 0 fully saturated rings. The molecule has 1 amide bonds. The zero-order valence-corrected chi connectivity index (χ0v) is 17.2. The van der Waals surface area contributed by atoms with Gasteiger partial charge in [-0.2, -0.15) is 0 Å². The van der Waals surface area contributed by atoms with E-state index in [1.807, 2.05) is 54.6 Å². The van der Waals surface area contributed by atoms with Gasteiger partial charge in [-0.1, -0.05) is 42.2 Å². The van der Waals surface area contributed by atoms with E-state index in [2.05, 4.69) is 17.2 Å². The predicted octanol–water partition coefficient (Wildman–Crippen LogP) is 4.29. The van der Waals surface area contributed by atoms with Crippen LogP contribution in [0.15, 0.2) is 66.7 Å². The second-order valence-electron chi connectivity index (χ2n) is 6.42. The molecule has 0 saturated heterocycles. The van der Waals surface area contributed by atoms with Gasteiger partial charge in [0.15, 0.2) is 11.5 Å². The Labute approximate surface area is 176 Å². The molecule has 3 aromatic rings. The highest BCUT2D eigenvalue weighted by molar-refractivity contribution is 5.93. The van der Waals surface area contributed by atoms with Crippen LogP contribution in [0.5, 0.6) is 17.2 Å². The van der Waals surface area contributed by atoms with Crippen molar-refractivity contribution in [1.82, 2.24) is 0 Å². The van der Waals surface area contributed by atoms with Crippen LogP contribution in [0.2, 0.25) is 0 Å². The molecule has 0 radical (unpaired) electrons. The van der Waals surface area contributed by atoms with Crippen molar-refractivity contribution in [1.29, 1.82) is 0 Å². The van der Waals surface area contributed by atoms with Crippen molar-refractivity contribution in [3.8, 4) is 29.1 Å². The van der Waals surface area contributed by atoms with Crippen LogP contribution in [-0.2, 0) is 11.2 Å². The standard InChI is InChI=1S/C25H23NO4/c1-28-22-15-14-20(24(29-2)25(22)30-3)17-23(27)26-21-11-7-10-19(16-21)13-12-18-8-5-4-6-9-18/h4-11,14-16H,17H2,1-3H3,(H,26,27). The van der Waals surface area contributed by atoms with Gasteiger partial charge in [0.2, 0.25) is 11.7 Å². The van der Waals surface area contributed by atoms with Crippen molar-refractivity contribution >= 4 is 11.6 Å². The molecule has 1 N–H and O–H groups in total. The van der Waals surface area contributed by atoms with E-state index in [-0.39, 0.29) is 12.3 Å². The minimum Gasteiger partial charge on any atom is -0.493 e. The van der Waals surface area contributed by atoms with Crippen molar-refractivity contribution in [2.45, 2.75) is 6.42 Å². The van der Waals surface area contributed by atoms with E-state index in [9.17, 15) is 4.79 Å².